The maximum Gasteiger partial charge on any atom is 0.0667 e. The molecule has 1 fully saturated rings. The van der Waals surface area contributed by atoms with Crippen LogP contribution in [0.15, 0.2) is 0 Å². The summed E-state index contributed by atoms with van der Waals surface area (Å²) >= 11 is 3.29. The van der Waals surface area contributed by atoms with Gasteiger partial charge in [0.15, 0.2) is 0 Å². The number of nitrogens with zero attached hydrogens (tertiary/aromatic N) is 1. The van der Waals surface area contributed by atoms with Gasteiger partial charge in [0.2, 0.25) is 0 Å². The number of halogens is 1. The summed E-state index contributed by atoms with van der Waals surface area (Å²) in [6.45, 7) is 0. The Labute approximate surface area is 45.1 Å². The summed E-state index contributed by atoms with van der Waals surface area (Å²) in [5, 5.41) is 8.10. The lowest BCUT2D eigenvalue weighted by Gasteiger charge is -1.62. The molecular weight excluding hydrogens is 142 g/mol. The van der Waals surface area contributed by atoms with Gasteiger partial charge in [-0.1, -0.05) is 15.9 Å². The van der Waals surface area contributed by atoms with Crippen molar-refractivity contribution in [3.8, 4) is 6.07 Å². The molecule has 0 N–H and O–H groups in total. The average Bonchev–Trinajstić information content (AvgIpc) is 2.19. The first kappa shape index (κ1) is 4.14. The maximum absolute atomic E-state index is 8.10. The number of hydrogen-bond acceptors (Lipinski definition) is 1. The molecule has 0 saturated heterocycles. The molecule has 2 atom stereocenters. The fraction of sp³-hybridized carbons (Fsp3) is 0.750. The van der Waals surface area contributed by atoms with E-state index in [2.05, 4.69) is 22.0 Å². The predicted octanol–water partition coefficient (Wildman–Crippen LogP) is 1.29. The number of hydrogen-bond donors (Lipinski definition) is 0. The van der Waals surface area contributed by atoms with E-state index in [0.717, 1.165) is 6.42 Å². The Balaban J connectivity index is 2.31. The summed E-state index contributed by atoms with van der Waals surface area (Å²) in [5.41, 5.74) is 0. The van der Waals surface area contributed by atoms with Gasteiger partial charge < -0.3 is 0 Å². The Kier molecular flexibility index (Phi) is 0.850. The Morgan fingerprint density at radius 1 is 1.83 bits per heavy atom. The van der Waals surface area contributed by atoms with E-state index in [0.29, 0.717) is 10.7 Å². The van der Waals surface area contributed by atoms with E-state index >= 15 is 0 Å². The Morgan fingerprint density at radius 3 is 2.33 bits per heavy atom. The normalized spacial score (nSPS) is 41.3. The monoisotopic (exact) mass is 145 g/mol. The second-order valence-electron chi connectivity index (χ2n) is 1.49. The van der Waals surface area contributed by atoms with Gasteiger partial charge in [0, 0.05) is 4.83 Å². The van der Waals surface area contributed by atoms with Gasteiger partial charge in [-0.3, -0.25) is 0 Å². The van der Waals surface area contributed by atoms with E-state index in [4.69, 9.17) is 5.26 Å². The quantitative estimate of drug-likeness (QED) is 0.472. The minimum Gasteiger partial charge on any atom is -0.198 e. The van der Waals surface area contributed by atoms with Gasteiger partial charge in [0.1, 0.15) is 0 Å². The van der Waals surface area contributed by atoms with Crippen LogP contribution < -0.4 is 0 Å². The highest BCUT2D eigenvalue weighted by atomic mass is 79.9. The van der Waals surface area contributed by atoms with Crippen LogP contribution in [0, 0.1) is 17.2 Å². The van der Waals surface area contributed by atoms with E-state index in [-0.39, 0.29) is 0 Å². The first-order valence-electron chi connectivity index (χ1n) is 1.88. The van der Waals surface area contributed by atoms with Crippen LogP contribution in [0.1, 0.15) is 6.42 Å². The van der Waals surface area contributed by atoms with Crippen molar-refractivity contribution in [2.75, 3.05) is 0 Å². The first-order valence-corrected chi connectivity index (χ1v) is 2.80. The summed E-state index contributed by atoms with van der Waals surface area (Å²) in [5.74, 6) is 0.324. The summed E-state index contributed by atoms with van der Waals surface area (Å²) in [6.07, 6.45) is 1.05. The van der Waals surface area contributed by atoms with Gasteiger partial charge in [-0.05, 0) is 6.42 Å². The van der Waals surface area contributed by atoms with Gasteiger partial charge in [-0.25, -0.2) is 0 Å². The summed E-state index contributed by atoms with van der Waals surface area (Å²) in [4.78, 5) is 0.516. The van der Waals surface area contributed by atoms with E-state index < -0.39 is 0 Å². The number of alkyl halides is 1. The van der Waals surface area contributed by atoms with Crippen molar-refractivity contribution in [2.24, 2.45) is 5.92 Å². The fourth-order valence-electron chi connectivity index (χ4n) is 0.298. The Morgan fingerprint density at radius 2 is 2.33 bits per heavy atom. The molecular formula is C4H4BrN. The van der Waals surface area contributed by atoms with Crippen LogP contribution in [0.3, 0.4) is 0 Å². The van der Waals surface area contributed by atoms with Gasteiger partial charge in [0.05, 0.1) is 12.0 Å². The lowest BCUT2D eigenvalue weighted by atomic mass is 10.5. The molecule has 1 aliphatic rings. The van der Waals surface area contributed by atoms with E-state index in [1.165, 1.54) is 0 Å². The van der Waals surface area contributed by atoms with Crippen LogP contribution in [0.25, 0.3) is 0 Å². The minimum absolute atomic E-state index is 0.324. The van der Waals surface area contributed by atoms with Crippen molar-refractivity contribution in [3.63, 3.8) is 0 Å². The van der Waals surface area contributed by atoms with E-state index in [9.17, 15) is 0 Å². The largest absolute Gasteiger partial charge is 0.198 e. The zero-order chi connectivity index (χ0) is 4.57. The molecule has 6 heavy (non-hydrogen) atoms. The Bertz CT molecular complexity index is 94.2. The van der Waals surface area contributed by atoms with Gasteiger partial charge in [-0.2, -0.15) is 5.26 Å². The van der Waals surface area contributed by atoms with Crippen molar-refractivity contribution in [3.05, 3.63) is 0 Å². The zero-order valence-electron chi connectivity index (χ0n) is 3.19. The zero-order valence-corrected chi connectivity index (χ0v) is 4.77. The molecule has 2 unspecified atom stereocenters. The molecule has 2 heteroatoms. The molecule has 0 aliphatic heterocycles. The molecule has 0 heterocycles. The second kappa shape index (κ2) is 1.23. The molecule has 1 rings (SSSR count). The SMILES string of the molecule is N#CC1CC1Br. The van der Waals surface area contributed by atoms with Crippen molar-refractivity contribution in [1.29, 1.82) is 5.26 Å². The van der Waals surface area contributed by atoms with Gasteiger partial charge in [-0.15, -0.1) is 0 Å². The lowest BCUT2D eigenvalue weighted by molar-refractivity contribution is 1.14. The highest BCUT2D eigenvalue weighted by molar-refractivity contribution is 9.09. The van der Waals surface area contributed by atoms with Crippen LogP contribution >= 0.6 is 15.9 Å². The summed E-state index contributed by atoms with van der Waals surface area (Å²) in [7, 11) is 0. The van der Waals surface area contributed by atoms with E-state index in [1.54, 1.807) is 0 Å². The molecule has 1 saturated carbocycles. The summed E-state index contributed by atoms with van der Waals surface area (Å²) < 4.78 is 0. The third-order valence-electron chi connectivity index (χ3n) is 0.878. The first-order chi connectivity index (χ1) is 2.84. The molecule has 0 aromatic heterocycles. The molecule has 0 spiro atoms. The molecule has 0 amide bonds. The number of nitriles is 1. The third kappa shape index (κ3) is 0.551. The van der Waals surface area contributed by atoms with Gasteiger partial charge >= 0.3 is 0 Å². The topological polar surface area (TPSA) is 23.8 Å². The van der Waals surface area contributed by atoms with Crippen LogP contribution in [-0.4, -0.2) is 4.83 Å². The third-order valence-corrected chi connectivity index (χ3v) is 1.89. The van der Waals surface area contributed by atoms with Gasteiger partial charge in [0.25, 0.3) is 0 Å². The van der Waals surface area contributed by atoms with Crippen LogP contribution in [-0.2, 0) is 0 Å². The van der Waals surface area contributed by atoms with Crippen molar-refractivity contribution >= 4 is 15.9 Å². The molecule has 0 aromatic rings. The fourth-order valence-corrected chi connectivity index (χ4v) is 0.819. The van der Waals surface area contributed by atoms with Crippen molar-refractivity contribution in [2.45, 2.75) is 11.2 Å². The van der Waals surface area contributed by atoms with E-state index in [1.807, 2.05) is 0 Å². The van der Waals surface area contributed by atoms with Crippen LogP contribution in [0.2, 0.25) is 0 Å². The van der Waals surface area contributed by atoms with Crippen LogP contribution in [0.4, 0.5) is 0 Å². The highest BCUT2D eigenvalue weighted by Gasteiger charge is 2.34. The average molecular weight is 146 g/mol. The summed E-state index contributed by atoms with van der Waals surface area (Å²) in [6, 6.07) is 2.14. The van der Waals surface area contributed by atoms with Crippen molar-refractivity contribution < 1.29 is 0 Å². The predicted molar refractivity (Wildman–Crippen MR) is 26.4 cm³/mol. The standard InChI is InChI=1S/C4H4BrN/c5-4-1-3(4)2-6/h3-4H,1H2. The minimum atomic E-state index is 0.324. The lowest BCUT2D eigenvalue weighted by Crippen LogP contribution is -1.65. The molecule has 1 nitrogen and oxygen atoms in total. The second-order valence-corrected chi connectivity index (χ2v) is 2.66. The molecule has 1 aliphatic carbocycles. The maximum atomic E-state index is 8.10. The molecule has 0 aromatic carbocycles. The molecule has 0 bridgehead atoms. The van der Waals surface area contributed by atoms with Crippen LogP contribution in [0.5, 0.6) is 0 Å². The van der Waals surface area contributed by atoms with Crippen molar-refractivity contribution in [1.82, 2.24) is 0 Å². The molecule has 32 valence electrons. The highest BCUT2D eigenvalue weighted by Crippen LogP contribution is 2.36. The number of rotatable bonds is 0. The molecule has 0 radical (unpaired) electrons. The Hall–Kier alpha value is -0.0300. The smallest absolute Gasteiger partial charge is 0.0667 e.